The Balaban J connectivity index is 1.76. The smallest absolute Gasteiger partial charge is 0.00818 e. The topological polar surface area (TPSA) is 15.3 Å². The zero-order valence-corrected chi connectivity index (χ0v) is 13.2. The molecule has 1 aliphatic carbocycles. The fourth-order valence-electron chi connectivity index (χ4n) is 3.92. The van der Waals surface area contributed by atoms with Crippen LogP contribution in [0, 0.1) is 5.92 Å². The molecular formula is C17H34N2. The van der Waals surface area contributed by atoms with Gasteiger partial charge >= 0.3 is 0 Å². The van der Waals surface area contributed by atoms with Gasteiger partial charge in [-0.3, -0.25) is 0 Å². The normalized spacial score (nSPS) is 29.7. The Labute approximate surface area is 120 Å². The molecule has 0 aromatic rings. The van der Waals surface area contributed by atoms with Crippen molar-refractivity contribution in [3.63, 3.8) is 0 Å². The molecule has 1 heterocycles. The molecule has 0 aromatic heterocycles. The Bertz CT molecular complexity index is 233. The average molecular weight is 266 g/mol. The lowest BCUT2D eigenvalue weighted by Gasteiger charge is -2.37. The fourth-order valence-corrected chi connectivity index (χ4v) is 3.92. The van der Waals surface area contributed by atoms with E-state index in [0.717, 1.165) is 12.0 Å². The maximum atomic E-state index is 3.97. The van der Waals surface area contributed by atoms with Crippen LogP contribution in [0.2, 0.25) is 0 Å². The maximum absolute atomic E-state index is 3.97. The van der Waals surface area contributed by atoms with Crippen molar-refractivity contribution in [2.45, 2.75) is 83.7 Å². The van der Waals surface area contributed by atoms with Crippen LogP contribution in [0.25, 0.3) is 0 Å². The molecule has 2 fully saturated rings. The molecule has 2 unspecified atom stereocenters. The lowest BCUT2D eigenvalue weighted by molar-refractivity contribution is 0.150. The molecule has 19 heavy (non-hydrogen) atoms. The quantitative estimate of drug-likeness (QED) is 0.832. The Kier molecular flexibility index (Phi) is 6.66. The van der Waals surface area contributed by atoms with Crippen LogP contribution in [-0.2, 0) is 0 Å². The van der Waals surface area contributed by atoms with Gasteiger partial charge in [-0.05, 0) is 51.6 Å². The van der Waals surface area contributed by atoms with Crippen LogP contribution in [-0.4, -0.2) is 36.6 Å². The second-order valence-corrected chi connectivity index (χ2v) is 6.79. The number of nitrogens with zero attached hydrogens (tertiary/aromatic N) is 1. The van der Waals surface area contributed by atoms with E-state index in [-0.39, 0.29) is 0 Å². The zero-order chi connectivity index (χ0) is 13.5. The lowest BCUT2D eigenvalue weighted by atomic mass is 9.89. The number of rotatable bonds is 4. The lowest BCUT2D eigenvalue weighted by Crippen LogP contribution is -2.47. The van der Waals surface area contributed by atoms with Gasteiger partial charge in [0.2, 0.25) is 0 Å². The Morgan fingerprint density at radius 2 is 1.68 bits per heavy atom. The summed E-state index contributed by atoms with van der Waals surface area (Å²) in [5.41, 5.74) is 0. The second-order valence-electron chi connectivity index (χ2n) is 6.79. The standard InChI is InChI=1S/C17H34N2/c1-3-19-13-9-10-16(14-19)15(2)18-17-11-7-5-4-6-8-12-17/h15-18H,3-14H2,1-2H3. The summed E-state index contributed by atoms with van der Waals surface area (Å²) < 4.78 is 0. The van der Waals surface area contributed by atoms with Crippen molar-refractivity contribution in [3.05, 3.63) is 0 Å². The summed E-state index contributed by atoms with van der Waals surface area (Å²) >= 11 is 0. The number of hydrogen-bond acceptors (Lipinski definition) is 2. The van der Waals surface area contributed by atoms with Crippen LogP contribution < -0.4 is 5.32 Å². The average Bonchev–Trinajstić information content (AvgIpc) is 2.41. The van der Waals surface area contributed by atoms with Crippen LogP contribution in [0.3, 0.4) is 0 Å². The van der Waals surface area contributed by atoms with Crippen LogP contribution >= 0.6 is 0 Å². The molecular weight excluding hydrogens is 232 g/mol. The van der Waals surface area contributed by atoms with Gasteiger partial charge in [-0.2, -0.15) is 0 Å². The van der Waals surface area contributed by atoms with Gasteiger partial charge in [-0.15, -0.1) is 0 Å². The van der Waals surface area contributed by atoms with E-state index in [1.165, 1.54) is 77.4 Å². The minimum Gasteiger partial charge on any atom is -0.311 e. The van der Waals surface area contributed by atoms with Gasteiger partial charge in [0, 0.05) is 18.6 Å². The molecule has 2 rings (SSSR count). The largest absolute Gasteiger partial charge is 0.311 e. The summed E-state index contributed by atoms with van der Waals surface area (Å²) in [7, 11) is 0. The minimum atomic E-state index is 0.707. The second kappa shape index (κ2) is 8.26. The Morgan fingerprint density at radius 3 is 2.37 bits per heavy atom. The third-order valence-corrected chi connectivity index (χ3v) is 5.30. The first-order valence-electron chi connectivity index (χ1n) is 8.78. The third kappa shape index (κ3) is 5.07. The van der Waals surface area contributed by atoms with E-state index in [1.807, 2.05) is 0 Å². The SMILES string of the molecule is CCN1CCCC(C(C)NC2CCCCCCC2)C1. The molecule has 2 aliphatic rings. The van der Waals surface area contributed by atoms with E-state index in [1.54, 1.807) is 0 Å². The van der Waals surface area contributed by atoms with Gasteiger partial charge in [0.05, 0.1) is 0 Å². The number of piperidine rings is 1. The van der Waals surface area contributed by atoms with Crippen molar-refractivity contribution in [2.24, 2.45) is 5.92 Å². The van der Waals surface area contributed by atoms with Gasteiger partial charge in [0.15, 0.2) is 0 Å². The van der Waals surface area contributed by atoms with Crippen molar-refractivity contribution >= 4 is 0 Å². The van der Waals surface area contributed by atoms with Gasteiger partial charge in [-0.1, -0.05) is 39.0 Å². The molecule has 2 atom stereocenters. The zero-order valence-electron chi connectivity index (χ0n) is 13.2. The first kappa shape index (κ1) is 15.3. The number of nitrogens with one attached hydrogen (secondary N) is 1. The molecule has 1 aliphatic heterocycles. The Morgan fingerprint density at radius 1 is 1.00 bits per heavy atom. The highest BCUT2D eigenvalue weighted by atomic mass is 15.1. The molecule has 1 N–H and O–H groups in total. The molecule has 0 amide bonds. The van der Waals surface area contributed by atoms with Gasteiger partial charge in [-0.25, -0.2) is 0 Å². The summed E-state index contributed by atoms with van der Waals surface area (Å²) in [6, 6.07) is 1.51. The van der Waals surface area contributed by atoms with E-state index in [2.05, 4.69) is 24.1 Å². The van der Waals surface area contributed by atoms with Crippen molar-refractivity contribution in [2.75, 3.05) is 19.6 Å². The minimum absolute atomic E-state index is 0.707. The van der Waals surface area contributed by atoms with Crippen LogP contribution in [0.1, 0.15) is 71.6 Å². The summed E-state index contributed by atoms with van der Waals surface area (Å²) in [6.07, 6.45) is 12.9. The first-order valence-corrected chi connectivity index (χ1v) is 8.78. The van der Waals surface area contributed by atoms with Crippen LogP contribution in [0.15, 0.2) is 0 Å². The van der Waals surface area contributed by atoms with Crippen LogP contribution in [0.4, 0.5) is 0 Å². The van der Waals surface area contributed by atoms with Gasteiger partial charge in [0.25, 0.3) is 0 Å². The molecule has 0 aromatic carbocycles. The fraction of sp³-hybridized carbons (Fsp3) is 1.00. The first-order chi connectivity index (χ1) is 9.29. The van der Waals surface area contributed by atoms with Crippen molar-refractivity contribution in [1.82, 2.24) is 10.2 Å². The molecule has 0 bridgehead atoms. The van der Waals surface area contributed by atoms with E-state index >= 15 is 0 Å². The van der Waals surface area contributed by atoms with E-state index < -0.39 is 0 Å². The van der Waals surface area contributed by atoms with Gasteiger partial charge in [0.1, 0.15) is 0 Å². The summed E-state index contributed by atoms with van der Waals surface area (Å²) in [6.45, 7) is 8.60. The Hall–Kier alpha value is -0.0800. The van der Waals surface area contributed by atoms with E-state index in [9.17, 15) is 0 Å². The summed E-state index contributed by atoms with van der Waals surface area (Å²) in [5, 5.41) is 3.97. The summed E-state index contributed by atoms with van der Waals surface area (Å²) in [5.74, 6) is 0.874. The molecule has 1 saturated heterocycles. The maximum Gasteiger partial charge on any atom is 0.00818 e. The monoisotopic (exact) mass is 266 g/mol. The van der Waals surface area contributed by atoms with Crippen molar-refractivity contribution < 1.29 is 0 Å². The van der Waals surface area contributed by atoms with E-state index in [0.29, 0.717) is 6.04 Å². The molecule has 2 heteroatoms. The predicted molar refractivity (Wildman–Crippen MR) is 83.5 cm³/mol. The molecule has 2 nitrogen and oxygen atoms in total. The summed E-state index contributed by atoms with van der Waals surface area (Å²) in [4.78, 5) is 2.63. The van der Waals surface area contributed by atoms with Gasteiger partial charge < -0.3 is 10.2 Å². The predicted octanol–water partition coefficient (Wildman–Crippen LogP) is 3.81. The van der Waals surface area contributed by atoms with E-state index in [4.69, 9.17) is 0 Å². The van der Waals surface area contributed by atoms with Crippen LogP contribution in [0.5, 0.6) is 0 Å². The number of likely N-dealkylation sites (tertiary alicyclic amines) is 1. The highest BCUT2D eigenvalue weighted by Gasteiger charge is 2.25. The molecule has 0 spiro atoms. The molecule has 1 saturated carbocycles. The molecule has 0 radical (unpaired) electrons. The third-order valence-electron chi connectivity index (χ3n) is 5.30. The van der Waals surface area contributed by atoms with Crippen molar-refractivity contribution in [1.29, 1.82) is 0 Å². The highest BCUT2D eigenvalue weighted by molar-refractivity contribution is 4.83. The number of hydrogen-bond donors (Lipinski definition) is 1. The highest BCUT2D eigenvalue weighted by Crippen LogP contribution is 2.22. The van der Waals surface area contributed by atoms with Crippen molar-refractivity contribution in [3.8, 4) is 0 Å². The molecule has 112 valence electrons.